The van der Waals surface area contributed by atoms with E-state index in [9.17, 15) is 8.42 Å². The Morgan fingerprint density at radius 1 is 1.17 bits per heavy atom. The maximum absolute atomic E-state index is 11.8. The van der Waals surface area contributed by atoms with Gasteiger partial charge in [0.25, 0.3) is 0 Å². The zero-order valence-electron chi connectivity index (χ0n) is 15.3. The first-order valence-electron chi connectivity index (χ1n) is 8.97. The largest absolute Gasteiger partial charge is 0.356 e. The first-order chi connectivity index (χ1) is 11.4. The zero-order chi connectivity index (χ0) is 17.7. The molecule has 0 radical (unpaired) electrons. The van der Waals surface area contributed by atoms with Crippen molar-refractivity contribution in [2.24, 2.45) is 0 Å². The molecule has 1 fully saturated rings. The summed E-state index contributed by atoms with van der Waals surface area (Å²) in [6.45, 7) is 11.0. The Labute approximate surface area is 146 Å². The van der Waals surface area contributed by atoms with Crippen molar-refractivity contribution in [3.05, 3.63) is 11.8 Å². The van der Waals surface area contributed by atoms with Gasteiger partial charge in [0, 0.05) is 37.4 Å². The third kappa shape index (κ3) is 4.59. The highest BCUT2D eigenvalue weighted by Gasteiger charge is 2.33. The van der Waals surface area contributed by atoms with E-state index in [1.165, 1.54) is 0 Å². The minimum absolute atomic E-state index is 0.0135. The highest BCUT2D eigenvalue weighted by Crippen LogP contribution is 2.24. The van der Waals surface area contributed by atoms with E-state index in [4.69, 9.17) is 4.98 Å². The van der Waals surface area contributed by atoms with E-state index >= 15 is 0 Å². The van der Waals surface area contributed by atoms with Crippen molar-refractivity contribution in [3.63, 3.8) is 0 Å². The van der Waals surface area contributed by atoms with E-state index in [0.29, 0.717) is 18.9 Å². The lowest BCUT2D eigenvalue weighted by molar-refractivity contribution is 0.599. The van der Waals surface area contributed by atoms with Crippen molar-refractivity contribution in [2.45, 2.75) is 53.0 Å². The van der Waals surface area contributed by atoms with Crippen LogP contribution in [0.15, 0.2) is 6.07 Å². The van der Waals surface area contributed by atoms with Gasteiger partial charge in [-0.2, -0.15) is 4.98 Å². The number of hydrogen-bond acceptors (Lipinski definition) is 6. The molecule has 1 aliphatic rings. The van der Waals surface area contributed by atoms with Gasteiger partial charge in [-0.3, -0.25) is 0 Å². The summed E-state index contributed by atoms with van der Waals surface area (Å²) in [7, 11) is -2.92. The van der Waals surface area contributed by atoms with Gasteiger partial charge in [-0.25, -0.2) is 13.4 Å². The Morgan fingerprint density at radius 3 is 2.33 bits per heavy atom. The van der Waals surface area contributed by atoms with Crippen LogP contribution < -0.4 is 9.80 Å². The average molecular weight is 355 g/mol. The monoisotopic (exact) mass is 354 g/mol. The summed E-state index contributed by atoms with van der Waals surface area (Å²) >= 11 is 0. The summed E-state index contributed by atoms with van der Waals surface area (Å²) in [4.78, 5) is 13.7. The lowest BCUT2D eigenvalue weighted by Crippen LogP contribution is -2.38. The fourth-order valence-electron chi connectivity index (χ4n) is 3.29. The Hall–Kier alpha value is -1.37. The molecule has 0 aromatic carbocycles. The first-order valence-corrected chi connectivity index (χ1v) is 10.8. The Kier molecular flexibility index (Phi) is 6.43. The van der Waals surface area contributed by atoms with Gasteiger partial charge in [-0.1, -0.05) is 13.8 Å². The Morgan fingerprint density at radius 2 is 1.83 bits per heavy atom. The molecule has 6 nitrogen and oxygen atoms in total. The molecule has 0 aliphatic carbocycles. The summed E-state index contributed by atoms with van der Waals surface area (Å²) in [6.07, 6.45) is 2.80. The van der Waals surface area contributed by atoms with Gasteiger partial charge >= 0.3 is 0 Å². The van der Waals surface area contributed by atoms with Crippen LogP contribution in [-0.2, 0) is 9.84 Å². The Bertz CT molecular complexity index is 642. The molecule has 0 N–H and O–H groups in total. The third-order valence-corrected chi connectivity index (χ3v) is 6.14. The molecule has 1 aliphatic heterocycles. The van der Waals surface area contributed by atoms with E-state index in [0.717, 1.165) is 37.4 Å². The SMILES string of the molecule is CCCN(CCC)c1cc(C)nc(N(CC)C2CCS(=O)(=O)C2)n1. The molecule has 2 heterocycles. The number of nitrogens with zero attached hydrogens (tertiary/aromatic N) is 4. The van der Waals surface area contributed by atoms with E-state index < -0.39 is 9.84 Å². The molecule has 2 rings (SSSR count). The quantitative estimate of drug-likeness (QED) is 0.714. The summed E-state index contributed by atoms with van der Waals surface area (Å²) in [5.41, 5.74) is 0.923. The molecular formula is C17H30N4O2S. The number of hydrogen-bond donors (Lipinski definition) is 0. The van der Waals surface area contributed by atoms with Gasteiger partial charge in [0.05, 0.1) is 11.5 Å². The van der Waals surface area contributed by atoms with Gasteiger partial charge in [-0.15, -0.1) is 0 Å². The topological polar surface area (TPSA) is 66.4 Å². The lowest BCUT2D eigenvalue weighted by atomic mass is 10.2. The molecule has 1 unspecified atom stereocenters. The highest BCUT2D eigenvalue weighted by atomic mass is 32.2. The van der Waals surface area contributed by atoms with Gasteiger partial charge in [-0.05, 0) is 33.1 Å². The van der Waals surface area contributed by atoms with Crippen LogP contribution in [-0.4, -0.2) is 55.6 Å². The van der Waals surface area contributed by atoms with Gasteiger partial charge in [0.2, 0.25) is 5.95 Å². The van der Waals surface area contributed by atoms with Crippen LogP contribution in [0.3, 0.4) is 0 Å². The molecule has 1 saturated heterocycles. The number of anilines is 2. The van der Waals surface area contributed by atoms with Crippen LogP contribution >= 0.6 is 0 Å². The maximum atomic E-state index is 11.8. The van der Waals surface area contributed by atoms with E-state index in [-0.39, 0.29) is 17.5 Å². The lowest BCUT2D eigenvalue weighted by Gasteiger charge is -2.29. The minimum Gasteiger partial charge on any atom is -0.356 e. The zero-order valence-corrected chi connectivity index (χ0v) is 16.1. The van der Waals surface area contributed by atoms with Crippen molar-refractivity contribution in [1.82, 2.24) is 9.97 Å². The fourth-order valence-corrected chi connectivity index (χ4v) is 5.02. The van der Waals surface area contributed by atoms with Crippen LogP contribution in [0.5, 0.6) is 0 Å². The van der Waals surface area contributed by atoms with Crippen molar-refractivity contribution in [1.29, 1.82) is 0 Å². The standard InChI is InChI=1S/C17H30N4O2S/c1-5-9-20(10-6-2)16-12-14(4)18-17(19-16)21(7-3)15-8-11-24(22,23)13-15/h12,15H,5-11,13H2,1-4H3. The third-order valence-electron chi connectivity index (χ3n) is 4.39. The number of aryl methyl sites for hydroxylation is 1. The van der Waals surface area contributed by atoms with Crippen LogP contribution in [0, 0.1) is 6.92 Å². The summed E-state index contributed by atoms with van der Waals surface area (Å²) in [5, 5.41) is 0. The molecule has 1 aromatic heterocycles. The first kappa shape index (κ1) is 19.0. The molecule has 0 amide bonds. The maximum Gasteiger partial charge on any atom is 0.227 e. The smallest absolute Gasteiger partial charge is 0.227 e. The summed E-state index contributed by atoms with van der Waals surface area (Å²) in [5.74, 6) is 2.08. The molecule has 1 aromatic rings. The fraction of sp³-hybridized carbons (Fsp3) is 0.765. The van der Waals surface area contributed by atoms with Crippen LogP contribution in [0.25, 0.3) is 0 Å². The molecule has 7 heteroatoms. The van der Waals surface area contributed by atoms with Gasteiger partial charge < -0.3 is 9.80 Å². The second kappa shape index (κ2) is 8.14. The van der Waals surface area contributed by atoms with Gasteiger partial charge in [0.1, 0.15) is 5.82 Å². The molecular weight excluding hydrogens is 324 g/mol. The van der Waals surface area contributed by atoms with Crippen LogP contribution in [0.4, 0.5) is 11.8 Å². The predicted octanol–water partition coefficient (Wildman–Crippen LogP) is 2.42. The summed E-state index contributed by atoms with van der Waals surface area (Å²) in [6, 6.07) is 2.01. The molecule has 136 valence electrons. The van der Waals surface area contributed by atoms with Crippen molar-refractivity contribution in [3.8, 4) is 0 Å². The van der Waals surface area contributed by atoms with E-state index in [1.807, 2.05) is 19.9 Å². The van der Waals surface area contributed by atoms with Crippen molar-refractivity contribution in [2.75, 3.05) is 40.9 Å². The highest BCUT2D eigenvalue weighted by molar-refractivity contribution is 7.91. The van der Waals surface area contributed by atoms with Gasteiger partial charge in [0.15, 0.2) is 9.84 Å². The number of rotatable bonds is 8. The van der Waals surface area contributed by atoms with Crippen molar-refractivity contribution >= 4 is 21.6 Å². The molecule has 1 atom stereocenters. The number of sulfone groups is 1. The predicted molar refractivity (Wildman–Crippen MR) is 99.6 cm³/mol. The van der Waals surface area contributed by atoms with Crippen molar-refractivity contribution < 1.29 is 8.42 Å². The molecule has 0 spiro atoms. The second-order valence-corrected chi connectivity index (χ2v) is 8.73. The minimum atomic E-state index is -2.92. The summed E-state index contributed by atoms with van der Waals surface area (Å²) < 4.78 is 23.7. The molecule has 0 bridgehead atoms. The van der Waals surface area contributed by atoms with Crippen LogP contribution in [0.1, 0.15) is 45.7 Å². The normalized spacial score (nSPS) is 19.4. The second-order valence-electron chi connectivity index (χ2n) is 6.50. The molecule has 24 heavy (non-hydrogen) atoms. The average Bonchev–Trinajstić information content (AvgIpc) is 2.87. The number of aromatic nitrogens is 2. The van der Waals surface area contributed by atoms with Crippen LogP contribution in [0.2, 0.25) is 0 Å². The molecule has 0 saturated carbocycles. The Balaban J connectivity index is 2.31. The van der Waals surface area contributed by atoms with E-state index in [1.54, 1.807) is 0 Å². The van der Waals surface area contributed by atoms with E-state index in [2.05, 4.69) is 28.6 Å².